The molecular weight excluding hydrogens is 352 g/mol. The lowest BCUT2D eigenvalue weighted by Gasteiger charge is -2.34. The summed E-state index contributed by atoms with van der Waals surface area (Å²) in [6.45, 7) is 4.37. The predicted molar refractivity (Wildman–Crippen MR) is 101 cm³/mol. The highest BCUT2D eigenvalue weighted by Gasteiger charge is 2.24. The topological polar surface area (TPSA) is 65.5 Å². The molecule has 1 fully saturated rings. The predicted octanol–water partition coefficient (Wildman–Crippen LogP) is 2.65. The van der Waals surface area contributed by atoms with Gasteiger partial charge in [0.25, 0.3) is 5.91 Å². The third kappa shape index (κ3) is 4.52. The quantitative estimate of drug-likeness (QED) is 0.896. The van der Waals surface area contributed by atoms with E-state index in [9.17, 15) is 9.59 Å². The van der Waals surface area contributed by atoms with Gasteiger partial charge in [-0.15, -0.1) is 0 Å². The summed E-state index contributed by atoms with van der Waals surface area (Å²) < 4.78 is 0. The molecule has 136 valence electrons. The van der Waals surface area contributed by atoms with Crippen molar-refractivity contribution in [2.45, 2.75) is 13.5 Å². The van der Waals surface area contributed by atoms with Crippen LogP contribution in [-0.4, -0.2) is 52.8 Å². The van der Waals surface area contributed by atoms with E-state index in [1.54, 1.807) is 29.0 Å². The maximum absolute atomic E-state index is 12.7. The number of halogens is 1. The molecule has 0 spiro atoms. The number of hydrogen-bond acceptors (Lipinski definition) is 4. The Kier molecular flexibility index (Phi) is 5.73. The molecule has 0 atom stereocenters. The van der Waals surface area contributed by atoms with Crippen LogP contribution in [-0.2, 0) is 11.3 Å². The number of carbonyl (C=O) groups excluding carboxylic acids is 2. The van der Waals surface area contributed by atoms with E-state index in [1.165, 1.54) is 0 Å². The highest BCUT2D eigenvalue weighted by molar-refractivity contribution is 6.30. The Morgan fingerprint density at radius 2 is 1.73 bits per heavy atom. The van der Waals surface area contributed by atoms with Crippen LogP contribution in [0.4, 0.5) is 5.69 Å². The monoisotopic (exact) mass is 372 g/mol. The number of carbonyl (C=O) groups is 2. The Bertz CT molecular complexity index is 786. The van der Waals surface area contributed by atoms with Gasteiger partial charge in [0.2, 0.25) is 5.91 Å². The molecule has 1 aliphatic rings. The molecule has 7 heteroatoms. The third-order valence-electron chi connectivity index (χ3n) is 4.40. The zero-order chi connectivity index (χ0) is 18.5. The molecule has 2 aromatic rings. The molecule has 0 bridgehead atoms. The molecule has 6 nitrogen and oxygen atoms in total. The Morgan fingerprint density at radius 3 is 2.38 bits per heavy atom. The van der Waals surface area contributed by atoms with E-state index in [0.29, 0.717) is 43.4 Å². The molecule has 26 heavy (non-hydrogen) atoms. The van der Waals surface area contributed by atoms with Crippen molar-refractivity contribution in [2.24, 2.45) is 0 Å². The maximum Gasteiger partial charge on any atom is 0.272 e. The highest BCUT2D eigenvalue weighted by Crippen LogP contribution is 2.15. The molecule has 2 heterocycles. The fraction of sp³-hybridized carbons (Fsp3) is 0.316. The number of nitrogens with zero attached hydrogens (tertiary/aromatic N) is 3. The summed E-state index contributed by atoms with van der Waals surface area (Å²) in [6.07, 6.45) is 1.63. The second-order valence-corrected chi connectivity index (χ2v) is 6.64. The van der Waals surface area contributed by atoms with E-state index < -0.39 is 0 Å². The molecule has 0 aliphatic carbocycles. The summed E-state index contributed by atoms with van der Waals surface area (Å²) >= 11 is 5.89. The normalized spacial score (nSPS) is 14.2. The first-order valence-electron chi connectivity index (χ1n) is 8.52. The molecule has 1 saturated heterocycles. The van der Waals surface area contributed by atoms with Crippen molar-refractivity contribution in [1.82, 2.24) is 14.8 Å². The van der Waals surface area contributed by atoms with Crippen LogP contribution >= 0.6 is 11.6 Å². The number of nitrogens with one attached hydrogen (secondary N) is 1. The van der Waals surface area contributed by atoms with Gasteiger partial charge in [-0.25, -0.2) is 0 Å². The number of anilines is 1. The van der Waals surface area contributed by atoms with Crippen LogP contribution in [0.1, 0.15) is 23.0 Å². The molecule has 0 unspecified atom stereocenters. The van der Waals surface area contributed by atoms with Crippen LogP contribution in [0.5, 0.6) is 0 Å². The van der Waals surface area contributed by atoms with Crippen molar-refractivity contribution in [1.29, 1.82) is 0 Å². The van der Waals surface area contributed by atoms with Crippen LogP contribution in [0.15, 0.2) is 42.6 Å². The average Bonchev–Trinajstić information content (AvgIpc) is 2.67. The van der Waals surface area contributed by atoms with Gasteiger partial charge in [0.05, 0.1) is 0 Å². The standard InChI is InChI=1S/C19H21ClN4O2/c1-14(25)23-8-10-24(11-9-23)19(26)18-12-17(6-7-21-18)22-13-15-2-4-16(20)5-3-15/h2-7,12H,8-11,13H2,1H3,(H,21,22). The van der Waals surface area contributed by atoms with Crippen molar-refractivity contribution in [2.75, 3.05) is 31.5 Å². The van der Waals surface area contributed by atoms with E-state index in [-0.39, 0.29) is 11.8 Å². The number of amides is 2. The average molecular weight is 373 g/mol. The first kappa shape index (κ1) is 18.2. The number of rotatable bonds is 4. The Balaban J connectivity index is 1.60. The molecule has 0 saturated carbocycles. The van der Waals surface area contributed by atoms with Gasteiger partial charge in [0.15, 0.2) is 0 Å². The van der Waals surface area contributed by atoms with Crippen molar-refractivity contribution in [3.05, 3.63) is 58.9 Å². The lowest BCUT2D eigenvalue weighted by molar-refractivity contribution is -0.130. The number of pyridine rings is 1. The lowest BCUT2D eigenvalue weighted by atomic mass is 10.2. The first-order chi connectivity index (χ1) is 12.5. The summed E-state index contributed by atoms with van der Waals surface area (Å²) in [5.74, 6) is -0.0630. The zero-order valence-electron chi connectivity index (χ0n) is 14.6. The largest absolute Gasteiger partial charge is 0.381 e. The minimum Gasteiger partial charge on any atom is -0.381 e. The molecule has 3 rings (SSSR count). The SMILES string of the molecule is CC(=O)N1CCN(C(=O)c2cc(NCc3ccc(Cl)cc3)ccn2)CC1. The zero-order valence-corrected chi connectivity index (χ0v) is 15.4. The fourth-order valence-electron chi connectivity index (χ4n) is 2.85. The van der Waals surface area contributed by atoms with E-state index in [4.69, 9.17) is 11.6 Å². The third-order valence-corrected chi connectivity index (χ3v) is 4.65. The highest BCUT2D eigenvalue weighted by atomic mass is 35.5. The van der Waals surface area contributed by atoms with Gasteiger partial charge in [-0.2, -0.15) is 0 Å². The summed E-state index contributed by atoms with van der Waals surface area (Å²) in [5, 5.41) is 4.00. The second kappa shape index (κ2) is 8.19. The van der Waals surface area contributed by atoms with Crippen LogP contribution in [0.3, 0.4) is 0 Å². The van der Waals surface area contributed by atoms with Crippen molar-refractivity contribution in [3.63, 3.8) is 0 Å². The van der Waals surface area contributed by atoms with E-state index in [0.717, 1.165) is 11.3 Å². The van der Waals surface area contributed by atoms with Gasteiger partial charge < -0.3 is 15.1 Å². The lowest BCUT2D eigenvalue weighted by Crippen LogP contribution is -2.50. The van der Waals surface area contributed by atoms with Crippen LogP contribution in [0, 0.1) is 0 Å². The molecule has 1 aromatic carbocycles. The number of benzene rings is 1. The maximum atomic E-state index is 12.7. The second-order valence-electron chi connectivity index (χ2n) is 6.21. The minimum absolute atomic E-state index is 0.0450. The van der Waals surface area contributed by atoms with Crippen molar-refractivity contribution < 1.29 is 9.59 Å². The summed E-state index contributed by atoms with van der Waals surface area (Å²) in [7, 11) is 0. The Morgan fingerprint density at radius 1 is 1.08 bits per heavy atom. The van der Waals surface area contributed by atoms with E-state index in [1.807, 2.05) is 30.3 Å². The molecule has 1 N–H and O–H groups in total. The number of piperazine rings is 1. The van der Waals surface area contributed by atoms with Gasteiger partial charge in [-0.3, -0.25) is 14.6 Å². The van der Waals surface area contributed by atoms with E-state index in [2.05, 4.69) is 10.3 Å². The fourth-order valence-corrected chi connectivity index (χ4v) is 2.98. The van der Waals surface area contributed by atoms with Gasteiger partial charge in [0.1, 0.15) is 5.69 Å². The molecule has 1 aromatic heterocycles. The van der Waals surface area contributed by atoms with Gasteiger partial charge in [0, 0.05) is 56.6 Å². The van der Waals surface area contributed by atoms with Crippen LogP contribution < -0.4 is 5.32 Å². The van der Waals surface area contributed by atoms with Crippen LogP contribution in [0.2, 0.25) is 5.02 Å². The van der Waals surface area contributed by atoms with Crippen LogP contribution in [0.25, 0.3) is 0 Å². The number of aromatic nitrogens is 1. The molecule has 1 aliphatic heterocycles. The molecule has 2 amide bonds. The Labute approximate surface area is 157 Å². The van der Waals surface area contributed by atoms with Crippen molar-refractivity contribution >= 4 is 29.1 Å². The van der Waals surface area contributed by atoms with Gasteiger partial charge in [-0.1, -0.05) is 23.7 Å². The summed E-state index contributed by atoms with van der Waals surface area (Å²) in [5.41, 5.74) is 2.34. The minimum atomic E-state index is -0.108. The molecule has 0 radical (unpaired) electrons. The van der Waals surface area contributed by atoms with Gasteiger partial charge in [-0.05, 0) is 29.8 Å². The number of hydrogen-bond donors (Lipinski definition) is 1. The Hall–Kier alpha value is -2.60. The summed E-state index contributed by atoms with van der Waals surface area (Å²) in [6, 6.07) is 11.2. The molecular formula is C19H21ClN4O2. The van der Waals surface area contributed by atoms with E-state index >= 15 is 0 Å². The van der Waals surface area contributed by atoms with Gasteiger partial charge >= 0.3 is 0 Å². The summed E-state index contributed by atoms with van der Waals surface area (Å²) in [4.78, 5) is 31.7. The van der Waals surface area contributed by atoms with Crippen molar-refractivity contribution in [3.8, 4) is 0 Å². The first-order valence-corrected chi connectivity index (χ1v) is 8.90. The smallest absolute Gasteiger partial charge is 0.272 e.